The monoisotopic (exact) mass is 234 g/mol. The largest absolute Gasteiger partial charge is 0.355 e. The number of anilines is 1. The van der Waals surface area contributed by atoms with Gasteiger partial charge in [0.25, 0.3) is 0 Å². The van der Waals surface area contributed by atoms with Gasteiger partial charge in [0.05, 0.1) is 6.20 Å². The van der Waals surface area contributed by atoms with E-state index >= 15 is 0 Å². The van der Waals surface area contributed by atoms with E-state index in [2.05, 4.69) is 27.1 Å². The molecule has 1 aliphatic heterocycles. The highest BCUT2D eigenvalue weighted by molar-refractivity contribution is 5.35. The van der Waals surface area contributed by atoms with E-state index in [1.165, 1.54) is 25.8 Å². The van der Waals surface area contributed by atoms with Crippen LogP contribution in [0.15, 0.2) is 18.6 Å². The van der Waals surface area contributed by atoms with Gasteiger partial charge in [-0.15, -0.1) is 0 Å². The molecule has 4 heteroatoms. The average Bonchev–Trinajstić information content (AvgIpc) is 2.41. The molecular weight excluding hydrogens is 212 g/mol. The molecule has 1 fully saturated rings. The fraction of sp³-hybridized carbons (Fsp3) is 0.692. The van der Waals surface area contributed by atoms with Crippen LogP contribution in [0.5, 0.6) is 0 Å². The van der Waals surface area contributed by atoms with Gasteiger partial charge < -0.3 is 10.2 Å². The minimum absolute atomic E-state index is 0.828. The summed E-state index contributed by atoms with van der Waals surface area (Å²) in [6.45, 7) is 6.74. The van der Waals surface area contributed by atoms with E-state index in [1.807, 2.05) is 6.20 Å². The minimum atomic E-state index is 0.828. The fourth-order valence-electron chi connectivity index (χ4n) is 2.30. The van der Waals surface area contributed by atoms with Crippen LogP contribution >= 0.6 is 0 Å². The lowest BCUT2D eigenvalue weighted by Gasteiger charge is -2.32. The van der Waals surface area contributed by atoms with Crippen molar-refractivity contribution in [2.24, 2.45) is 5.92 Å². The van der Waals surface area contributed by atoms with E-state index < -0.39 is 0 Å². The van der Waals surface area contributed by atoms with Gasteiger partial charge in [0, 0.05) is 25.5 Å². The van der Waals surface area contributed by atoms with Crippen molar-refractivity contribution in [1.29, 1.82) is 0 Å². The summed E-state index contributed by atoms with van der Waals surface area (Å²) in [4.78, 5) is 10.8. The first-order valence-corrected chi connectivity index (χ1v) is 6.62. The van der Waals surface area contributed by atoms with E-state index in [4.69, 9.17) is 0 Å². The van der Waals surface area contributed by atoms with Gasteiger partial charge in [0.2, 0.25) is 0 Å². The Bertz CT molecular complexity index is 306. The molecule has 4 nitrogen and oxygen atoms in total. The van der Waals surface area contributed by atoms with Crippen LogP contribution < -0.4 is 10.2 Å². The molecule has 1 saturated heterocycles. The zero-order chi connectivity index (χ0) is 11.9. The Kier molecular flexibility index (Phi) is 4.74. The summed E-state index contributed by atoms with van der Waals surface area (Å²) < 4.78 is 0. The Morgan fingerprint density at radius 2 is 2.18 bits per heavy atom. The summed E-state index contributed by atoms with van der Waals surface area (Å²) in [7, 11) is 0. The third-order valence-electron chi connectivity index (χ3n) is 3.35. The molecule has 94 valence electrons. The van der Waals surface area contributed by atoms with Crippen LogP contribution in [0.3, 0.4) is 0 Å². The van der Waals surface area contributed by atoms with Crippen molar-refractivity contribution in [2.45, 2.75) is 26.2 Å². The summed E-state index contributed by atoms with van der Waals surface area (Å²) in [5, 5.41) is 3.51. The molecule has 0 spiro atoms. The van der Waals surface area contributed by atoms with Crippen molar-refractivity contribution in [3.63, 3.8) is 0 Å². The Balaban J connectivity index is 1.74. The molecule has 0 saturated carbocycles. The Labute approximate surface area is 103 Å². The molecule has 2 heterocycles. The molecule has 1 N–H and O–H groups in total. The van der Waals surface area contributed by atoms with Gasteiger partial charge in [0.15, 0.2) is 0 Å². The quantitative estimate of drug-likeness (QED) is 0.787. The van der Waals surface area contributed by atoms with Gasteiger partial charge in [-0.2, -0.15) is 0 Å². The molecule has 17 heavy (non-hydrogen) atoms. The Morgan fingerprint density at radius 1 is 1.35 bits per heavy atom. The molecule has 0 amide bonds. The molecule has 0 aliphatic carbocycles. The third-order valence-corrected chi connectivity index (χ3v) is 3.35. The van der Waals surface area contributed by atoms with E-state index in [-0.39, 0.29) is 0 Å². The second-order valence-electron chi connectivity index (χ2n) is 4.70. The number of rotatable bonds is 5. The first kappa shape index (κ1) is 12.3. The summed E-state index contributed by atoms with van der Waals surface area (Å²) in [6, 6.07) is 0. The molecule has 0 aromatic carbocycles. The van der Waals surface area contributed by atoms with Gasteiger partial charge in [-0.25, -0.2) is 4.98 Å². The van der Waals surface area contributed by atoms with Crippen molar-refractivity contribution < 1.29 is 0 Å². The van der Waals surface area contributed by atoms with Crippen molar-refractivity contribution >= 4 is 5.82 Å². The van der Waals surface area contributed by atoms with Crippen LogP contribution in [-0.4, -0.2) is 36.1 Å². The second-order valence-corrected chi connectivity index (χ2v) is 4.70. The maximum absolute atomic E-state index is 4.35. The van der Waals surface area contributed by atoms with Crippen molar-refractivity contribution in [3.05, 3.63) is 18.6 Å². The zero-order valence-corrected chi connectivity index (χ0v) is 10.6. The molecule has 0 bridgehead atoms. The maximum atomic E-state index is 4.35. The molecule has 1 aliphatic rings. The smallest absolute Gasteiger partial charge is 0.147 e. The summed E-state index contributed by atoms with van der Waals surface area (Å²) in [5.41, 5.74) is 0. The van der Waals surface area contributed by atoms with Crippen LogP contribution in [0.2, 0.25) is 0 Å². The van der Waals surface area contributed by atoms with Gasteiger partial charge >= 0.3 is 0 Å². The third kappa shape index (κ3) is 3.66. The summed E-state index contributed by atoms with van der Waals surface area (Å²) in [5.74, 6) is 1.85. The molecule has 2 rings (SSSR count). The van der Waals surface area contributed by atoms with Crippen LogP contribution in [-0.2, 0) is 0 Å². The molecule has 0 unspecified atom stereocenters. The van der Waals surface area contributed by atoms with Crippen molar-refractivity contribution in [3.8, 4) is 0 Å². The summed E-state index contributed by atoms with van der Waals surface area (Å²) >= 11 is 0. The number of nitrogens with zero attached hydrogens (tertiary/aromatic N) is 3. The maximum Gasteiger partial charge on any atom is 0.147 e. The first-order valence-electron chi connectivity index (χ1n) is 6.62. The molecule has 1 aromatic rings. The number of hydrogen-bond donors (Lipinski definition) is 1. The van der Waals surface area contributed by atoms with E-state index in [0.717, 1.165) is 31.4 Å². The van der Waals surface area contributed by atoms with Crippen LogP contribution in [0.1, 0.15) is 26.2 Å². The number of aromatic nitrogens is 2. The second kappa shape index (κ2) is 6.55. The number of piperidine rings is 1. The lowest BCUT2D eigenvalue weighted by Crippen LogP contribution is -2.37. The Hall–Kier alpha value is -1.16. The first-order chi connectivity index (χ1) is 8.40. The van der Waals surface area contributed by atoms with Crippen LogP contribution in [0, 0.1) is 5.92 Å². The number of hydrogen-bond acceptors (Lipinski definition) is 4. The zero-order valence-electron chi connectivity index (χ0n) is 10.6. The lowest BCUT2D eigenvalue weighted by atomic mass is 9.97. The standard InChI is InChI=1S/C13H22N4/c1-2-5-14-10-12-3-8-17(9-4-12)13-11-15-6-7-16-13/h6-7,11-12,14H,2-5,8-10H2,1H3. The van der Waals surface area contributed by atoms with Gasteiger partial charge in [-0.05, 0) is 38.3 Å². The van der Waals surface area contributed by atoms with Gasteiger partial charge in [-0.3, -0.25) is 4.98 Å². The van der Waals surface area contributed by atoms with Crippen LogP contribution in [0.25, 0.3) is 0 Å². The van der Waals surface area contributed by atoms with E-state index in [0.29, 0.717) is 0 Å². The highest BCUT2D eigenvalue weighted by Gasteiger charge is 2.19. The molecule has 0 atom stereocenters. The topological polar surface area (TPSA) is 41.0 Å². The van der Waals surface area contributed by atoms with Crippen LogP contribution in [0.4, 0.5) is 5.82 Å². The minimum Gasteiger partial charge on any atom is -0.355 e. The summed E-state index contributed by atoms with van der Waals surface area (Å²) in [6.07, 6.45) is 9.09. The van der Waals surface area contributed by atoms with Crippen molar-refractivity contribution in [2.75, 3.05) is 31.1 Å². The molecule has 0 radical (unpaired) electrons. The Morgan fingerprint density at radius 3 is 2.82 bits per heavy atom. The fourth-order valence-corrected chi connectivity index (χ4v) is 2.30. The number of nitrogens with one attached hydrogen (secondary N) is 1. The molecular formula is C13H22N4. The highest BCUT2D eigenvalue weighted by atomic mass is 15.2. The SMILES string of the molecule is CCCNCC1CCN(c2cnccn2)CC1. The lowest BCUT2D eigenvalue weighted by molar-refractivity contribution is 0.382. The average molecular weight is 234 g/mol. The normalized spacial score (nSPS) is 17.4. The van der Waals surface area contributed by atoms with Gasteiger partial charge in [0.1, 0.15) is 5.82 Å². The van der Waals surface area contributed by atoms with E-state index in [9.17, 15) is 0 Å². The highest BCUT2D eigenvalue weighted by Crippen LogP contribution is 2.20. The predicted molar refractivity (Wildman–Crippen MR) is 70.1 cm³/mol. The van der Waals surface area contributed by atoms with E-state index in [1.54, 1.807) is 12.4 Å². The van der Waals surface area contributed by atoms with Crippen molar-refractivity contribution in [1.82, 2.24) is 15.3 Å². The molecule has 1 aromatic heterocycles. The predicted octanol–water partition coefficient (Wildman–Crippen LogP) is 1.69. The van der Waals surface area contributed by atoms with Gasteiger partial charge in [-0.1, -0.05) is 6.92 Å².